The van der Waals surface area contributed by atoms with Crippen molar-refractivity contribution in [3.63, 3.8) is 0 Å². The minimum Gasteiger partial charge on any atom is -0.496 e. The van der Waals surface area contributed by atoms with Crippen LogP contribution in [0.4, 0.5) is 5.69 Å². The van der Waals surface area contributed by atoms with E-state index in [-0.39, 0.29) is 0 Å². The van der Waals surface area contributed by atoms with Crippen LogP contribution in [0.25, 0.3) is 0 Å². The van der Waals surface area contributed by atoms with Crippen LogP contribution in [0.15, 0.2) is 16.6 Å². The van der Waals surface area contributed by atoms with Gasteiger partial charge in [-0.15, -0.1) is 0 Å². The lowest BCUT2D eigenvalue weighted by Crippen LogP contribution is -1.94. The summed E-state index contributed by atoms with van der Waals surface area (Å²) in [5.74, 6) is 0.825. The highest BCUT2D eigenvalue weighted by atomic mass is 79.9. The summed E-state index contributed by atoms with van der Waals surface area (Å²) in [5, 5.41) is 0. The first-order valence-corrected chi connectivity index (χ1v) is 4.04. The van der Waals surface area contributed by atoms with Gasteiger partial charge >= 0.3 is 0 Å². The van der Waals surface area contributed by atoms with Gasteiger partial charge in [-0.05, 0) is 35.0 Å². The van der Waals surface area contributed by atoms with Crippen molar-refractivity contribution in [3.05, 3.63) is 22.2 Å². The Morgan fingerprint density at radius 2 is 2.09 bits per heavy atom. The fourth-order valence-electron chi connectivity index (χ4n) is 0.897. The predicted octanol–water partition coefficient (Wildman–Crippen LogP) is 2.35. The van der Waals surface area contributed by atoms with Crippen LogP contribution >= 0.6 is 15.9 Å². The fourth-order valence-corrected chi connectivity index (χ4v) is 1.33. The molecule has 0 aliphatic heterocycles. The van der Waals surface area contributed by atoms with E-state index in [0.29, 0.717) is 0 Å². The molecule has 3 heteroatoms. The van der Waals surface area contributed by atoms with Crippen LogP contribution in [0.5, 0.6) is 5.75 Å². The summed E-state index contributed by atoms with van der Waals surface area (Å²) < 4.78 is 5.99. The molecule has 1 aromatic rings. The Morgan fingerprint density at radius 3 is 2.64 bits per heavy atom. The summed E-state index contributed by atoms with van der Waals surface area (Å²) in [4.78, 5) is 0. The molecule has 0 aromatic heterocycles. The third kappa shape index (κ3) is 1.48. The van der Waals surface area contributed by atoms with Crippen molar-refractivity contribution in [1.29, 1.82) is 0 Å². The number of anilines is 1. The number of halogens is 1. The molecule has 0 amide bonds. The van der Waals surface area contributed by atoms with Crippen molar-refractivity contribution in [2.24, 2.45) is 0 Å². The van der Waals surface area contributed by atoms with Gasteiger partial charge < -0.3 is 10.5 Å². The molecule has 0 atom stereocenters. The molecule has 11 heavy (non-hydrogen) atoms. The van der Waals surface area contributed by atoms with E-state index in [1.54, 1.807) is 7.11 Å². The molecule has 1 aromatic carbocycles. The molecule has 0 unspecified atom stereocenters. The zero-order valence-corrected chi connectivity index (χ0v) is 8.10. The second-order valence-corrected chi connectivity index (χ2v) is 3.14. The van der Waals surface area contributed by atoms with Crippen molar-refractivity contribution in [3.8, 4) is 5.75 Å². The molecule has 0 radical (unpaired) electrons. The third-order valence-electron chi connectivity index (χ3n) is 1.63. The second kappa shape index (κ2) is 3.13. The highest BCUT2D eigenvalue weighted by Gasteiger charge is 2.03. The molecule has 0 aliphatic carbocycles. The van der Waals surface area contributed by atoms with E-state index in [2.05, 4.69) is 15.9 Å². The highest BCUT2D eigenvalue weighted by Crippen LogP contribution is 2.29. The zero-order chi connectivity index (χ0) is 8.43. The van der Waals surface area contributed by atoms with E-state index < -0.39 is 0 Å². The lowest BCUT2D eigenvalue weighted by molar-refractivity contribution is 0.412. The summed E-state index contributed by atoms with van der Waals surface area (Å²) in [6.07, 6.45) is 0. The maximum Gasteiger partial charge on any atom is 0.123 e. The minimum atomic E-state index is 0.740. The molecule has 0 bridgehead atoms. The number of rotatable bonds is 1. The number of benzene rings is 1. The second-order valence-electron chi connectivity index (χ2n) is 2.29. The van der Waals surface area contributed by atoms with Gasteiger partial charge in [0.2, 0.25) is 0 Å². The summed E-state index contributed by atoms with van der Waals surface area (Å²) in [6.45, 7) is 1.93. The third-order valence-corrected chi connectivity index (χ3v) is 2.32. The monoisotopic (exact) mass is 215 g/mol. The Balaban J connectivity index is 3.25. The Morgan fingerprint density at radius 1 is 1.45 bits per heavy atom. The van der Waals surface area contributed by atoms with E-state index in [0.717, 1.165) is 21.5 Å². The van der Waals surface area contributed by atoms with Crippen molar-refractivity contribution >= 4 is 21.6 Å². The van der Waals surface area contributed by atoms with E-state index in [1.807, 2.05) is 19.1 Å². The first kappa shape index (κ1) is 8.40. The van der Waals surface area contributed by atoms with Crippen LogP contribution < -0.4 is 10.5 Å². The van der Waals surface area contributed by atoms with E-state index in [4.69, 9.17) is 10.5 Å². The number of nitrogens with two attached hydrogens (primary N) is 1. The van der Waals surface area contributed by atoms with Gasteiger partial charge in [0.25, 0.3) is 0 Å². The van der Waals surface area contributed by atoms with E-state index >= 15 is 0 Å². The summed E-state index contributed by atoms with van der Waals surface area (Å²) in [6, 6.07) is 3.76. The van der Waals surface area contributed by atoms with Gasteiger partial charge in [-0.2, -0.15) is 0 Å². The van der Waals surface area contributed by atoms with Gasteiger partial charge in [-0.25, -0.2) is 0 Å². The maximum absolute atomic E-state index is 5.73. The Labute approximate surface area is 74.5 Å². The van der Waals surface area contributed by atoms with Crippen LogP contribution in [-0.4, -0.2) is 7.11 Å². The standard InChI is InChI=1S/C8H10BrNO/c1-5-7(11-2)4-3-6(9)8(5)10/h3-4H,10H2,1-2H3. The Bertz CT molecular complexity index is 273. The maximum atomic E-state index is 5.73. The molecule has 2 N–H and O–H groups in total. The van der Waals surface area contributed by atoms with Crippen LogP contribution in [0.2, 0.25) is 0 Å². The van der Waals surface area contributed by atoms with Gasteiger partial charge in [0.1, 0.15) is 5.75 Å². The molecule has 0 fully saturated rings. The van der Waals surface area contributed by atoms with Gasteiger partial charge in [0.15, 0.2) is 0 Å². The first-order chi connectivity index (χ1) is 5.16. The molecule has 0 heterocycles. The van der Waals surface area contributed by atoms with Crippen LogP contribution in [0.3, 0.4) is 0 Å². The largest absolute Gasteiger partial charge is 0.496 e. The Hall–Kier alpha value is -0.700. The first-order valence-electron chi connectivity index (χ1n) is 3.25. The summed E-state index contributed by atoms with van der Waals surface area (Å²) >= 11 is 3.33. The molecular formula is C8H10BrNO. The normalized spacial score (nSPS) is 9.73. The number of ether oxygens (including phenoxy) is 1. The molecule has 0 aliphatic rings. The average Bonchev–Trinajstić information content (AvgIpc) is 2.01. The van der Waals surface area contributed by atoms with Gasteiger partial charge in [0.05, 0.1) is 12.8 Å². The van der Waals surface area contributed by atoms with Crippen molar-refractivity contribution in [2.75, 3.05) is 12.8 Å². The van der Waals surface area contributed by atoms with Gasteiger partial charge in [-0.1, -0.05) is 0 Å². The zero-order valence-electron chi connectivity index (χ0n) is 6.52. The van der Waals surface area contributed by atoms with Crippen LogP contribution in [0.1, 0.15) is 5.56 Å². The Kier molecular flexibility index (Phi) is 2.39. The van der Waals surface area contributed by atoms with E-state index in [1.165, 1.54) is 0 Å². The van der Waals surface area contributed by atoms with Gasteiger partial charge in [0, 0.05) is 10.0 Å². The lowest BCUT2D eigenvalue weighted by atomic mass is 10.2. The van der Waals surface area contributed by atoms with Crippen LogP contribution in [0, 0.1) is 6.92 Å². The topological polar surface area (TPSA) is 35.2 Å². The SMILES string of the molecule is COc1ccc(Br)c(N)c1C. The molecule has 1 rings (SSSR count). The lowest BCUT2D eigenvalue weighted by Gasteiger charge is -2.07. The van der Waals surface area contributed by atoms with Gasteiger partial charge in [-0.3, -0.25) is 0 Å². The number of nitrogen functional groups attached to an aromatic ring is 1. The van der Waals surface area contributed by atoms with Crippen molar-refractivity contribution in [2.45, 2.75) is 6.92 Å². The average molecular weight is 216 g/mol. The molecule has 0 saturated carbocycles. The molecular weight excluding hydrogens is 206 g/mol. The minimum absolute atomic E-state index is 0.740. The molecule has 0 saturated heterocycles. The number of hydrogen-bond donors (Lipinski definition) is 1. The highest BCUT2D eigenvalue weighted by molar-refractivity contribution is 9.10. The molecule has 60 valence electrons. The smallest absolute Gasteiger partial charge is 0.123 e. The predicted molar refractivity (Wildman–Crippen MR) is 49.8 cm³/mol. The fraction of sp³-hybridized carbons (Fsp3) is 0.250. The molecule has 2 nitrogen and oxygen atoms in total. The molecule has 0 spiro atoms. The van der Waals surface area contributed by atoms with Crippen molar-refractivity contribution < 1.29 is 4.74 Å². The van der Waals surface area contributed by atoms with Crippen LogP contribution in [-0.2, 0) is 0 Å². The van der Waals surface area contributed by atoms with Crippen molar-refractivity contribution in [1.82, 2.24) is 0 Å². The summed E-state index contributed by atoms with van der Waals surface area (Å²) in [7, 11) is 1.63. The number of methoxy groups -OCH3 is 1. The quantitative estimate of drug-likeness (QED) is 0.731. The number of hydrogen-bond acceptors (Lipinski definition) is 2. The summed E-state index contributed by atoms with van der Waals surface area (Å²) in [5.41, 5.74) is 7.45. The van der Waals surface area contributed by atoms with E-state index in [9.17, 15) is 0 Å².